The number of hydrogen-bond acceptors (Lipinski definition) is 5. The minimum absolute atomic E-state index is 0.362. The van der Waals surface area contributed by atoms with Gasteiger partial charge in [0.05, 0.1) is 24.0 Å². The Morgan fingerprint density at radius 2 is 1.64 bits per heavy atom. The molecule has 0 fully saturated rings. The second-order valence-electron chi connectivity index (χ2n) is 8.89. The van der Waals surface area contributed by atoms with Gasteiger partial charge in [-0.2, -0.15) is 5.10 Å². The Hall–Kier alpha value is -4.48. The highest BCUT2D eigenvalue weighted by Crippen LogP contribution is 2.33. The lowest BCUT2D eigenvalue weighted by Crippen LogP contribution is -2.36. The van der Waals surface area contributed by atoms with E-state index in [0.717, 1.165) is 51.2 Å². The number of benzene rings is 4. The lowest BCUT2D eigenvalue weighted by molar-refractivity contribution is 0.415. The number of anilines is 1. The normalized spacial score (nSPS) is 14.9. The van der Waals surface area contributed by atoms with Gasteiger partial charge in [0.1, 0.15) is 11.9 Å². The van der Waals surface area contributed by atoms with Crippen molar-refractivity contribution in [3.8, 4) is 5.75 Å². The molecule has 5 nitrogen and oxygen atoms in total. The van der Waals surface area contributed by atoms with Crippen LogP contribution < -0.4 is 15.5 Å². The van der Waals surface area contributed by atoms with Crippen molar-refractivity contribution in [1.29, 1.82) is 0 Å². The molecule has 0 bridgehead atoms. The summed E-state index contributed by atoms with van der Waals surface area (Å²) in [4.78, 5) is 4.51. The maximum atomic E-state index is 6.71. The second-order valence-corrected chi connectivity index (χ2v) is 8.89. The van der Waals surface area contributed by atoms with E-state index in [0.29, 0.717) is 0 Å². The van der Waals surface area contributed by atoms with Crippen LogP contribution in [-0.4, -0.2) is 17.8 Å². The van der Waals surface area contributed by atoms with E-state index in [1.165, 1.54) is 11.1 Å². The van der Waals surface area contributed by atoms with E-state index in [1.807, 2.05) is 53.7 Å². The van der Waals surface area contributed by atoms with Crippen LogP contribution in [0.4, 0.5) is 5.69 Å². The van der Waals surface area contributed by atoms with E-state index in [-0.39, 0.29) is 6.17 Å². The van der Waals surface area contributed by atoms with Crippen molar-refractivity contribution in [3.63, 3.8) is 0 Å². The van der Waals surface area contributed by atoms with Crippen LogP contribution in [0, 0.1) is 0 Å². The van der Waals surface area contributed by atoms with Gasteiger partial charge in [-0.25, -0.2) is 5.01 Å². The van der Waals surface area contributed by atoms with E-state index in [1.54, 1.807) is 7.11 Å². The van der Waals surface area contributed by atoms with E-state index < -0.39 is 0 Å². The Bertz CT molecular complexity index is 1560. The van der Waals surface area contributed by atoms with Gasteiger partial charge in [-0.3, -0.25) is 4.98 Å². The molecule has 2 heterocycles. The monoisotopic (exact) mass is 470 g/mol. The summed E-state index contributed by atoms with van der Waals surface area (Å²) in [7, 11) is 1.67. The highest BCUT2D eigenvalue weighted by atomic mass is 16.5. The third kappa shape index (κ3) is 4.00. The predicted octanol–water partition coefficient (Wildman–Crippen LogP) is 6.06. The number of pyridine rings is 1. The Balaban J connectivity index is 1.32. The van der Waals surface area contributed by atoms with Gasteiger partial charge in [0.15, 0.2) is 0 Å². The summed E-state index contributed by atoms with van der Waals surface area (Å²) in [5, 5.41) is 8.07. The first kappa shape index (κ1) is 22.0. The van der Waals surface area contributed by atoms with Crippen LogP contribution in [0.25, 0.3) is 10.9 Å². The third-order valence-electron chi connectivity index (χ3n) is 6.69. The zero-order chi connectivity index (χ0) is 24.5. The largest absolute Gasteiger partial charge is 0.497 e. The van der Waals surface area contributed by atoms with E-state index in [2.05, 4.69) is 65.6 Å². The van der Waals surface area contributed by atoms with Crippen molar-refractivity contribution in [2.75, 3.05) is 12.1 Å². The molecule has 2 N–H and O–H groups in total. The predicted molar refractivity (Wildman–Crippen MR) is 145 cm³/mol. The number of rotatable bonds is 5. The molecular weight excluding hydrogens is 444 g/mol. The molecule has 1 aliphatic rings. The Morgan fingerprint density at radius 3 is 2.44 bits per heavy atom. The van der Waals surface area contributed by atoms with Gasteiger partial charge < -0.3 is 10.5 Å². The average molecular weight is 471 g/mol. The number of methoxy groups -OCH3 is 1. The number of aromatic nitrogens is 1. The van der Waals surface area contributed by atoms with Crippen LogP contribution in [0.5, 0.6) is 5.75 Å². The number of ether oxygens (including phenoxy) is 1. The van der Waals surface area contributed by atoms with Gasteiger partial charge in [-0.15, -0.1) is 0 Å². The molecule has 1 atom stereocenters. The quantitative estimate of drug-likeness (QED) is 0.339. The van der Waals surface area contributed by atoms with Crippen LogP contribution in [0.2, 0.25) is 0 Å². The summed E-state index contributed by atoms with van der Waals surface area (Å²) in [6, 6.07) is 35.1. The lowest BCUT2D eigenvalue weighted by Gasteiger charge is -2.33. The van der Waals surface area contributed by atoms with Gasteiger partial charge in [-0.1, -0.05) is 66.7 Å². The molecule has 4 aromatic carbocycles. The Labute approximate surface area is 210 Å². The fourth-order valence-corrected chi connectivity index (χ4v) is 4.81. The van der Waals surface area contributed by atoms with Crippen molar-refractivity contribution in [2.24, 2.45) is 10.8 Å². The SMILES string of the molecule is COc1ccc2c(Cc3ccc(N4N=C(c5ccccc5)c5ccccc5C4N)cc3)ccnc2c1. The summed E-state index contributed by atoms with van der Waals surface area (Å²) >= 11 is 0. The zero-order valence-corrected chi connectivity index (χ0v) is 20.0. The first-order valence-corrected chi connectivity index (χ1v) is 12.0. The topological polar surface area (TPSA) is 63.7 Å². The Kier molecular flexibility index (Phi) is 5.68. The summed E-state index contributed by atoms with van der Waals surface area (Å²) in [6.07, 6.45) is 2.30. The second kappa shape index (κ2) is 9.29. The molecular formula is C31H26N4O. The summed E-state index contributed by atoms with van der Waals surface area (Å²) in [6.45, 7) is 0. The molecule has 0 radical (unpaired) electrons. The molecule has 1 unspecified atom stereocenters. The first-order chi connectivity index (χ1) is 17.7. The van der Waals surface area contributed by atoms with Crippen molar-refractivity contribution in [2.45, 2.75) is 12.6 Å². The van der Waals surface area contributed by atoms with Crippen LogP contribution in [0.3, 0.4) is 0 Å². The maximum Gasteiger partial charge on any atom is 0.126 e. The van der Waals surface area contributed by atoms with Gasteiger partial charge in [0.25, 0.3) is 0 Å². The van der Waals surface area contributed by atoms with Gasteiger partial charge in [0, 0.05) is 34.3 Å². The van der Waals surface area contributed by atoms with Crippen molar-refractivity contribution in [1.82, 2.24) is 4.98 Å². The van der Waals surface area contributed by atoms with Gasteiger partial charge in [-0.05, 0) is 47.9 Å². The van der Waals surface area contributed by atoms with Crippen LogP contribution in [0.1, 0.15) is 34.0 Å². The molecule has 0 saturated carbocycles. The number of fused-ring (bicyclic) bond motifs is 2. The summed E-state index contributed by atoms with van der Waals surface area (Å²) in [5.74, 6) is 0.811. The summed E-state index contributed by atoms with van der Waals surface area (Å²) < 4.78 is 5.35. The van der Waals surface area contributed by atoms with Crippen LogP contribution >= 0.6 is 0 Å². The van der Waals surface area contributed by atoms with E-state index >= 15 is 0 Å². The smallest absolute Gasteiger partial charge is 0.126 e. The summed E-state index contributed by atoms with van der Waals surface area (Å²) in [5.41, 5.74) is 15.2. The zero-order valence-electron chi connectivity index (χ0n) is 20.0. The van der Waals surface area contributed by atoms with Crippen LogP contribution in [-0.2, 0) is 6.42 Å². The molecule has 36 heavy (non-hydrogen) atoms. The molecule has 5 aromatic rings. The van der Waals surface area contributed by atoms with Crippen molar-refractivity contribution >= 4 is 22.3 Å². The lowest BCUT2D eigenvalue weighted by atomic mass is 9.94. The maximum absolute atomic E-state index is 6.71. The van der Waals surface area contributed by atoms with Crippen LogP contribution in [0.15, 0.2) is 114 Å². The third-order valence-corrected chi connectivity index (χ3v) is 6.69. The number of nitrogens with zero attached hydrogens (tertiary/aromatic N) is 3. The highest BCUT2D eigenvalue weighted by Gasteiger charge is 2.27. The minimum Gasteiger partial charge on any atom is -0.497 e. The Morgan fingerprint density at radius 1 is 0.861 bits per heavy atom. The first-order valence-electron chi connectivity index (χ1n) is 12.0. The van der Waals surface area contributed by atoms with Gasteiger partial charge >= 0.3 is 0 Å². The number of hydrogen-bond donors (Lipinski definition) is 1. The molecule has 1 aromatic heterocycles. The van der Waals surface area contributed by atoms with Crippen molar-refractivity contribution in [3.05, 3.63) is 137 Å². The molecule has 6 rings (SSSR count). The minimum atomic E-state index is -0.362. The number of hydrazone groups is 1. The van der Waals surface area contributed by atoms with E-state index in [9.17, 15) is 0 Å². The molecule has 0 saturated heterocycles. The van der Waals surface area contributed by atoms with Crippen molar-refractivity contribution < 1.29 is 4.74 Å². The standard InChI is InChI=1S/C31H26N4O/c1-36-25-15-16-26-23(17-18-33-29(26)20-25)19-21-11-13-24(14-12-21)35-31(32)28-10-6-5-9-27(28)30(34-35)22-7-3-2-4-8-22/h2-18,20,31H,19,32H2,1H3. The molecule has 0 spiro atoms. The molecule has 176 valence electrons. The van der Waals surface area contributed by atoms with Gasteiger partial charge in [0.2, 0.25) is 0 Å². The molecule has 5 heteroatoms. The fourth-order valence-electron chi connectivity index (χ4n) is 4.81. The van der Waals surface area contributed by atoms with E-state index in [4.69, 9.17) is 15.6 Å². The fraction of sp³-hybridized carbons (Fsp3) is 0.0968. The number of nitrogens with two attached hydrogens (primary N) is 1. The highest BCUT2D eigenvalue weighted by molar-refractivity contribution is 6.14. The average Bonchev–Trinajstić information content (AvgIpc) is 2.94. The molecule has 0 amide bonds. The molecule has 1 aliphatic heterocycles. The molecule has 0 aliphatic carbocycles.